The van der Waals surface area contributed by atoms with Crippen LogP contribution in [-0.4, -0.2) is 56.2 Å². The average Bonchev–Trinajstić information content (AvgIpc) is 3.04. The fourth-order valence-corrected chi connectivity index (χ4v) is 2.99. The summed E-state index contributed by atoms with van der Waals surface area (Å²) < 4.78 is 16.6. The fraction of sp³-hybridized carbons (Fsp3) is 0.588. The van der Waals surface area contributed by atoms with Gasteiger partial charge in [-0.2, -0.15) is 0 Å². The molecule has 0 radical (unpaired) electrons. The molecule has 6 nitrogen and oxygen atoms in total. The van der Waals surface area contributed by atoms with Gasteiger partial charge in [-0.15, -0.1) is 0 Å². The molecule has 2 aliphatic rings. The van der Waals surface area contributed by atoms with Gasteiger partial charge in [-0.05, 0) is 5.56 Å². The highest BCUT2D eigenvalue weighted by molar-refractivity contribution is 5.67. The van der Waals surface area contributed by atoms with E-state index in [4.69, 9.17) is 14.2 Å². The number of piperidine rings is 1. The molecule has 1 aromatic rings. The zero-order chi connectivity index (χ0) is 16.0. The highest BCUT2D eigenvalue weighted by Gasteiger charge is 2.39. The van der Waals surface area contributed by atoms with Gasteiger partial charge in [0.15, 0.2) is 5.79 Å². The van der Waals surface area contributed by atoms with Crippen LogP contribution < -0.4 is 5.32 Å². The highest BCUT2D eigenvalue weighted by atomic mass is 16.7. The largest absolute Gasteiger partial charge is 0.445 e. The maximum absolute atomic E-state index is 11.7. The van der Waals surface area contributed by atoms with E-state index >= 15 is 0 Å². The molecule has 0 unspecified atom stereocenters. The van der Waals surface area contributed by atoms with E-state index in [0.29, 0.717) is 26.4 Å². The van der Waals surface area contributed by atoms with Crippen molar-refractivity contribution in [2.45, 2.75) is 25.2 Å². The smallest absolute Gasteiger partial charge is 0.407 e. The summed E-state index contributed by atoms with van der Waals surface area (Å²) in [5.41, 5.74) is 0.987. The number of carbonyl (C=O) groups is 1. The summed E-state index contributed by atoms with van der Waals surface area (Å²) in [6, 6.07) is 9.66. The molecule has 1 N–H and O–H groups in total. The molecular weight excluding hydrogens is 296 g/mol. The van der Waals surface area contributed by atoms with E-state index in [9.17, 15) is 4.79 Å². The van der Waals surface area contributed by atoms with Crippen LogP contribution >= 0.6 is 0 Å². The van der Waals surface area contributed by atoms with Crippen LogP contribution in [-0.2, 0) is 20.8 Å². The zero-order valence-corrected chi connectivity index (χ0v) is 13.3. The van der Waals surface area contributed by atoms with Gasteiger partial charge in [-0.3, -0.25) is 0 Å². The Balaban J connectivity index is 1.28. The molecule has 1 aromatic carbocycles. The third kappa shape index (κ3) is 4.67. The number of ether oxygens (including phenoxy) is 3. The van der Waals surface area contributed by atoms with Gasteiger partial charge in [0, 0.05) is 39.0 Å². The quantitative estimate of drug-likeness (QED) is 0.896. The molecule has 1 spiro atoms. The van der Waals surface area contributed by atoms with Crippen molar-refractivity contribution in [3.63, 3.8) is 0 Å². The van der Waals surface area contributed by atoms with Gasteiger partial charge < -0.3 is 24.4 Å². The van der Waals surface area contributed by atoms with Gasteiger partial charge >= 0.3 is 6.09 Å². The van der Waals surface area contributed by atoms with Gasteiger partial charge in [-0.25, -0.2) is 4.79 Å². The molecule has 2 saturated heterocycles. The van der Waals surface area contributed by atoms with Crippen molar-refractivity contribution in [2.75, 3.05) is 39.4 Å². The summed E-state index contributed by atoms with van der Waals surface area (Å²) >= 11 is 0. The van der Waals surface area contributed by atoms with E-state index in [1.807, 2.05) is 30.3 Å². The third-order valence-electron chi connectivity index (χ3n) is 4.34. The Morgan fingerprint density at radius 3 is 2.57 bits per heavy atom. The van der Waals surface area contributed by atoms with Crippen LogP contribution in [0.15, 0.2) is 30.3 Å². The number of hydrogen-bond donors (Lipinski definition) is 1. The summed E-state index contributed by atoms with van der Waals surface area (Å²) in [4.78, 5) is 14.0. The highest BCUT2D eigenvalue weighted by Crippen LogP contribution is 2.30. The normalized spacial score (nSPS) is 20.5. The predicted octanol–water partition coefficient (Wildman–Crippen LogP) is 1.75. The summed E-state index contributed by atoms with van der Waals surface area (Å²) in [5, 5.41) is 2.80. The second-order valence-electron chi connectivity index (χ2n) is 5.94. The van der Waals surface area contributed by atoms with Crippen LogP contribution in [0.2, 0.25) is 0 Å². The Bertz CT molecular complexity index is 493. The van der Waals surface area contributed by atoms with Crippen LogP contribution in [0.25, 0.3) is 0 Å². The van der Waals surface area contributed by atoms with Crippen LogP contribution in [0.1, 0.15) is 18.4 Å². The minimum absolute atomic E-state index is 0.299. The Morgan fingerprint density at radius 2 is 1.87 bits per heavy atom. The lowest BCUT2D eigenvalue weighted by Crippen LogP contribution is -2.47. The molecule has 0 atom stereocenters. The van der Waals surface area contributed by atoms with Gasteiger partial charge in [0.1, 0.15) is 6.61 Å². The van der Waals surface area contributed by atoms with E-state index < -0.39 is 0 Å². The Kier molecular flexibility index (Phi) is 5.48. The molecule has 0 aliphatic carbocycles. The second-order valence-corrected chi connectivity index (χ2v) is 5.94. The van der Waals surface area contributed by atoms with Crippen molar-refractivity contribution in [1.29, 1.82) is 0 Å². The molecule has 1 amide bonds. The summed E-state index contributed by atoms with van der Waals surface area (Å²) in [7, 11) is 0. The van der Waals surface area contributed by atoms with Crippen molar-refractivity contribution >= 4 is 6.09 Å². The zero-order valence-electron chi connectivity index (χ0n) is 13.3. The average molecular weight is 320 g/mol. The summed E-state index contributed by atoms with van der Waals surface area (Å²) in [6.07, 6.45) is 1.42. The number of amides is 1. The van der Waals surface area contributed by atoms with Gasteiger partial charge in [-0.1, -0.05) is 30.3 Å². The second kappa shape index (κ2) is 7.77. The Labute approximate surface area is 136 Å². The summed E-state index contributed by atoms with van der Waals surface area (Å²) in [6.45, 7) is 4.97. The number of hydrogen-bond acceptors (Lipinski definition) is 5. The number of carbonyl (C=O) groups excluding carboxylic acids is 1. The number of likely N-dealkylation sites (tertiary alicyclic amines) is 1. The first-order valence-corrected chi connectivity index (χ1v) is 8.21. The van der Waals surface area contributed by atoms with Crippen LogP contribution in [0.4, 0.5) is 4.79 Å². The van der Waals surface area contributed by atoms with E-state index in [0.717, 1.165) is 38.0 Å². The maximum Gasteiger partial charge on any atom is 0.407 e. The number of nitrogens with zero attached hydrogens (tertiary/aromatic N) is 1. The minimum atomic E-state index is -0.371. The molecule has 2 fully saturated rings. The molecule has 2 aliphatic heterocycles. The fourth-order valence-electron chi connectivity index (χ4n) is 2.99. The standard InChI is InChI=1S/C17H24N2O4/c20-16(21-14-15-4-2-1-3-5-15)18-8-11-19-9-6-17(7-10-19)22-12-13-23-17/h1-5H,6-14H2,(H,18,20). The van der Waals surface area contributed by atoms with E-state index in [2.05, 4.69) is 10.2 Å². The van der Waals surface area contributed by atoms with E-state index in [-0.39, 0.29) is 11.9 Å². The number of nitrogens with one attached hydrogen (secondary N) is 1. The van der Waals surface area contributed by atoms with Crippen molar-refractivity contribution in [3.05, 3.63) is 35.9 Å². The molecule has 0 aromatic heterocycles. The first-order valence-electron chi connectivity index (χ1n) is 8.21. The predicted molar refractivity (Wildman–Crippen MR) is 84.9 cm³/mol. The monoisotopic (exact) mass is 320 g/mol. The van der Waals surface area contributed by atoms with E-state index in [1.54, 1.807) is 0 Å². The lowest BCUT2D eigenvalue weighted by molar-refractivity contribution is -0.185. The van der Waals surface area contributed by atoms with Crippen molar-refractivity contribution in [1.82, 2.24) is 10.2 Å². The minimum Gasteiger partial charge on any atom is -0.445 e. The van der Waals surface area contributed by atoms with Crippen molar-refractivity contribution in [2.24, 2.45) is 0 Å². The van der Waals surface area contributed by atoms with Crippen LogP contribution in [0.5, 0.6) is 0 Å². The molecule has 0 bridgehead atoms. The molecule has 3 rings (SSSR count). The number of rotatable bonds is 5. The van der Waals surface area contributed by atoms with Crippen LogP contribution in [0.3, 0.4) is 0 Å². The maximum atomic E-state index is 11.7. The van der Waals surface area contributed by atoms with Gasteiger partial charge in [0.2, 0.25) is 0 Å². The van der Waals surface area contributed by atoms with Crippen molar-refractivity contribution < 1.29 is 19.0 Å². The first kappa shape index (κ1) is 16.2. The molecule has 6 heteroatoms. The Hall–Kier alpha value is -1.63. The lowest BCUT2D eigenvalue weighted by atomic mass is 10.0. The number of benzene rings is 1. The summed E-state index contributed by atoms with van der Waals surface area (Å²) in [5.74, 6) is -0.335. The lowest BCUT2D eigenvalue weighted by Gasteiger charge is -2.37. The molecule has 2 heterocycles. The van der Waals surface area contributed by atoms with Crippen molar-refractivity contribution in [3.8, 4) is 0 Å². The molecule has 0 saturated carbocycles. The SMILES string of the molecule is O=C(NCCN1CCC2(CC1)OCCO2)OCc1ccccc1. The molecule has 126 valence electrons. The van der Waals surface area contributed by atoms with E-state index in [1.165, 1.54) is 0 Å². The van der Waals surface area contributed by atoms with Gasteiger partial charge in [0.25, 0.3) is 0 Å². The van der Waals surface area contributed by atoms with Gasteiger partial charge in [0.05, 0.1) is 13.2 Å². The molecule has 23 heavy (non-hydrogen) atoms. The number of alkyl carbamates (subject to hydrolysis) is 1. The topological polar surface area (TPSA) is 60.0 Å². The molecular formula is C17H24N2O4. The van der Waals surface area contributed by atoms with Crippen LogP contribution in [0, 0.1) is 0 Å². The Morgan fingerprint density at radius 1 is 1.17 bits per heavy atom. The third-order valence-corrected chi connectivity index (χ3v) is 4.34. The first-order chi connectivity index (χ1) is 11.3.